The van der Waals surface area contributed by atoms with E-state index in [1.54, 1.807) is 0 Å². The first-order valence-electron chi connectivity index (χ1n) is 11.9. The number of aryl methyl sites for hydroxylation is 2. The quantitative estimate of drug-likeness (QED) is 0.239. The summed E-state index contributed by atoms with van der Waals surface area (Å²) in [6, 6.07) is 14.5. The average molecular weight is 504 g/mol. The zero-order valence-corrected chi connectivity index (χ0v) is 21.9. The van der Waals surface area contributed by atoms with Gasteiger partial charge in [-0.3, -0.25) is 9.59 Å². The Morgan fingerprint density at radius 3 is 2.57 bits per heavy atom. The minimum Gasteiger partial charge on any atom is -0.325 e. The first kappa shape index (κ1) is 23.8. The van der Waals surface area contributed by atoms with Crippen molar-refractivity contribution in [2.24, 2.45) is 0 Å². The number of fused-ring (bicyclic) bond motifs is 2. The van der Waals surface area contributed by atoms with Gasteiger partial charge in [-0.25, -0.2) is 4.98 Å². The Bertz CT molecular complexity index is 1450. The van der Waals surface area contributed by atoms with E-state index < -0.39 is 0 Å². The fourth-order valence-electron chi connectivity index (χ4n) is 4.50. The van der Waals surface area contributed by atoms with Gasteiger partial charge in [0.05, 0.1) is 11.1 Å². The largest absolute Gasteiger partial charge is 0.325 e. The van der Waals surface area contributed by atoms with Crippen molar-refractivity contribution in [2.45, 2.75) is 57.0 Å². The lowest BCUT2D eigenvalue weighted by molar-refractivity contribution is -0.113. The second-order valence-electron chi connectivity index (χ2n) is 10.1. The molecule has 5 nitrogen and oxygen atoms in total. The number of hydrogen-bond acceptors (Lipinski definition) is 5. The monoisotopic (exact) mass is 503 g/mol. The number of rotatable bonds is 5. The molecule has 2 aromatic heterocycles. The van der Waals surface area contributed by atoms with Crippen molar-refractivity contribution in [1.29, 1.82) is 0 Å². The van der Waals surface area contributed by atoms with E-state index in [-0.39, 0.29) is 22.6 Å². The molecule has 5 rings (SSSR count). The Hall–Kier alpha value is -2.90. The van der Waals surface area contributed by atoms with Gasteiger partial charge in [0.25, 0.3) is 5.56 Å². The number of aromatic nitrogens is 2. The minimum absolute atomic E-state index is 0.0656. The third kappa shape index (κ3) is 5.21. The van der Waals surface area contributed by atoms with Crippen molar-refractivity contribution in [3.05, 3.63) is 74.9 Å². The maximum atomic E-state index is 13.0. The number of nitrogens with one attached hydrogen (secondary N) is 2. The predicted octanol–water partition coefficient (Wildman–Crippen LogP) is 6.56. The van der Waals surface area contributed by atoms with Gasteiger partial charge in [0.2, 0.25) is 5.91 Å². The summed E-state index contributed by atoms with van der Waals surface area (Å²) < 4.78 is 0. The first-order chi connectivity index (χ1) is 16.8. The number of hydrogen-bond donors (Lipinski definition) is 2. The second-order valence-corrected chi connectivity index (χ2v) is 11.9. The summed E-state index contributed by atoms with van der Waals surface area (Å²) in [5.74, 6) is 0.0283. The average Bonchev–Trinajstić information content (AvgIpc) is 3.27. The number of thioether (sulfide) groups is 1. The van der Waals surface area contributed by atoms with Crippen LogP contribution < -0.4 is 10.9 Å². The molecule has 1 aliphatic carbocycles. The Morgan fingerprint density at radius 2 is 1.83 bits per heavy atom. The molecule has 0 spiro atoms. The molecule has 7 heteroatoms. The van der Waals surface area contributed by atoms with E-state index in [4.69, 9.17) is 0 Å². The van der Waals surface area contributed by atoms with Crippen LogP contribution in [-0.4, -0.2) is 21.6 Å². The smallest absolute Gasteiger partial charge is 0.260 e. The van der Waals surface area contributed by atoms with Gasteiger partial charge >= 0.3 is 0 Å². The number of aromatic amines is 1. The Balaban J connectivity index is 1.29. The molecule has 0 unspecified atom stereocenters. The van der Waals surface area contributed by atoms with Gasteiger partial charge < -0.3 is 10.3 Å². The van der Waals surface area contributed by atoms with E-state index in [1.807, 2.05) is 29.6 Å². The van der Waals surface area contributed by atoms with Crippen LogP contribution in [0, 0.1) is 0 Å². The number of benzene rings is 2. The van der Waals surface area contributed by atoms with Crippen molar-refractivity contribution in [3.63, 3.8) is 0 Å². The summed E-state index contributed by atoms with van der Waals surface area (Å²) in [6.45, 7) is 6.47. The molecular formula is C28H29N3O2S2. The molecule has 1 aliphatic rings. The van der Waals surface area contributed by atoms with Crippen LogP contribution in [0.15, 0.2) is 57.8 Å². The molecule has 0 fully saturated rings. The molecule has 2 heterocycles. The molecule has 0 aliphatic heterocycles. The lowest BCUT2D eigenvalue weighted by atomic mass is 9.87. The number of H-pyrrole nitrogens is 1. The Kier molecular flexibility index (Phi) is 6.55. The van der Waals surface area contributed by atoms with Crippen LogP contribution in [0.4, 0.5) is 5.69 Å². The van der Waals surface area contributed by atoms with Gasteiger partial charge in [0, 0.05) is 16.6 Å². The number of carbonyl (C=O) groups excluding carboxylic acids is 1. The summed E-state index contributed by atoms with van der Waals surface area (Å²) in [4.78, 5) is 33.7. The molecular weight excluding hydrogens is 474 g/mol. The number of amides is 1. The molecule has 0 saturated heterocycles. The van der Waals surface area contributed by atoms with Gasteiger partial charge in [0.1, 0.15) is 4.83 Å². The third-order valence-corrected chi connectivity index (χ3v) is 8.20. The molecule has 2 N–H and O–H groups in total. The number of carbonyl (C=O) groups is 1. The van der Waals surface area contributed by atoms with Gasteiger partial charge in [-0.2, -0.15) is 0 Å². The topological polar surface area (TPSA) is 74.8 Å². The zero-order chi connectivity index (χ0) is 24.6. The Morgan fingerprint density at radius 1 is 1.09 bits per heavy atom. The predicted molar refractivity (Wildman–Crippen MR) is 147 cm³/mol. The SMILES string of the molecule is CC(C)(C)c1ccc(NC(=O)CSc2nc3scc(-c4ccc5c(c4)CCCC5)c3c(=O)[nH]2)cc1. The second kappa shape index (κ2) is 9.63. The van der Waals surface area contributed by atoms with E-state index in [0.717, 1.165) is 29.7 Å². The van der Waals surface area contributed by atoms with Crippen LogP contribution in [0.5, 0.6) is 0 Å². The molecule has 180 valence electrons. The first-order valence-corrected chi connectivity index (χ1v) is 13.8. The highest BCUT2D eigenvalue weighted by atomic mass is 32.2. The summed E-state index contributed by atoms with van der Waals surface area (Å²) in [5, 5.41) is 6.01. The van der Waals surface area contributed by atoms with Crippen LogP contribution in [0.2, 0.25) is 0 Å². The molecule has 35 heavy (non-hydrogen) atoms. The van der Waals surface area contributed by atoms with E-state index in [1.165, 1.54) is 52.6 Å². The molecule has 0 atom stereocenters. The molecule has 0 bridgehead atoms. The van der Waals surface area contributed by atoms with Gasteiger partial charge in [0.15, 0.2) is 5.16 Å². The maximum absolute atomic E-state index is 13.0. The van der Waals surface area contributed by atoms with Gasteiger partial charge in [-0.05, 0) is 65.5 Å². The molecule has 1 amide bonds. The van der Waals surface area contributed by atoms with E-state index in [9.17, 15) is 9.59 Å². The zero-order valence-electron chi connectivity index (χ0n) is 20.2. The van der Waals surface area contributed by atoms with E-state index >= 15 is 0 Å². The third-order valence-electron chi connectivity index (χ3n) is 6.46. The van der Waals surface area contributed by atoms with E-state index in [2.05, 4.69) is 54.3 Å². The van der Waals surface area contributed by atoms with Gasteiger partial charge in [-0.1, -0.05) is 62.9 Å². The van der Waals surface area contributed by atoms with Crippen LogP contribution in [0.3, 0.4) is 0 Å². The van der Waals surface area contributed by atoms with Crippen molar-refractivity contribution in [3.8, 4) is 11.1 Å². The summed E-state index contributed by atoms with van der Waals surface area (Å²) in [5.41, 5.74) is 6.69. The molecule has 2 aromatic carbocycles. The lowest BCUT2D eigenvalue weighted by Gasteiger charge is -2.19. The summed E-state index contributed by atoms with van der Waals surface area (Å²) in [6.07, 6.45) is 4.71. The lowest BCUT2D eigenvalue weighted by Crippen LogP contribution is -2.16. The molecule has 0 radical (unpaired) electrons. The summed E-state index contributed by atoms with van der Waals surface area (Å²) in [7, 11) is 0. The van der Waals surface area contributed by atoms with Crippen molar-refractivity contribution in [1.82, 2.24) is 9.97 Å². The van der Waals surface area contributed by atoms with Crippen LogP contribution in [-0.2, 0) is 23.1 Å². The highest BCUT2D eigenvalue weighted by molar-refractivity contribution is 7.99. The molecule has 0 saturated carbocycles. The maximum Gasteiger partial charge on any atom is 0.260 e. The highest BCUT2D eigenvalue weighted by Gasteiger charge is 2.17. The van der Waals surface area contributed by atoms with Crippen molar-refractivity contribution >= 4 is 44.9 Å². The number of anilines is 1. The summed E-state index contributed by atoms with van der Waals surface area (Å²) >= 11 is 2.71. The number of thiophene rings is 1. The number of nitrogens with zero attached hydrogens (tertiary/aromatic N) is 1. The standard InChI is InChI=1S/C28H29N3O2S2/c1-28(2,3)20-10-12-21(13-11-20)29-23(32)16-35-27-30-25(33)24-22(15-34-26(24)31-27)19-9-8-17-6-4-5-7-18(17)14-19/h8-15H,4-7,16H2,1-3H3,(H,29,32)(H,30,31,33). The fourth-order valence-corrected chi connectivity index (χ4v) is 6.16. The highest BCUT2D eigenvalue weighted by Crippen LogP contribution is 2.34. The van der Waals surface area contributed by atoms with Crippen LogP contribution in [0.25, 0.3) is 21.3 Å². The van der Waals surface area contributed by atoms with E-state index in [0.29, 0.717) is 15.4 Å². The molecule has 4 aromatic rings. The fraction of sp³-hybridized carbons (Fsp3) is 0.321. The van der Waals surface area contributed by atoms with Crippen molar-refractivity contribution in [2.75, 3.05) is 11.1 Å². The van der Waals surface area contributed by atoms with Crippen LogP contribution >= 0.6 is 23.1 Å². The van der Waals surface area contributed by atoms with Crippen LogP contribution in [0.1, 0.15) is 50.3 Å². The van der Waals surface area contributed by atoms with Crippen molar-refractivity contribution < 1.29 is 4.79 Å². The minimum atomic E-state index is -0.162. The van der Waals surface area contributed by atoms with Gasteiger partial charge in [-0.15, -0.1) is 11.3 Å². The Labute approximate surface area is 213 Å². The normalized spacial score (nSPS) is 13.6.